The molecule has 1 aliphatic heterocycles. The average Bonchev–Trinajstić information content (AvgIpc) is 2.95. The molecule has 3 rings (SSSR count). The third-order valence-corrected chi connectivity index (χ3v) is 5.24. The van der Waals surface area contributed by atoms with Gasteiger partial charge in [-0.15, -0.1) is 23.7 Å². The lowest BCUT2D eigenvalue weighted by molar-refractivity contribution is 0.314. The van der Waals surface area contributed by atoms with E-state index in [2.05, 4.69) is 20.2 Å². The van der Waals surface area contributed by atoms with Gasteiger partial charge in [0, 0.05) is 24.0 Å². The fourth-order valence-corrected chi connectivity index (χ4v) is 3.85. The van der Waals surface area contributed by atoms with Gasteiger partial charge in [-0.3, -0.25) is 9.69 Å². The zero-order valence-electron chi connectivity index (χ0n) is 12.5. The molecule has 7 heteroatoms. The topological polar surface area (TPSA) is 61.0 Å². The number of likely N-dealkylation sites (N-methyl/N-ethyl adjacent to an activating group) is 1. The molecule has 21 heavy (non-hydrogen) atoms. The van der Waals surface area contributed by atoms with Crippen LogP contribution in [0, 0.1) is 13.8 Å². The number of fused-ring (bicyclic) bond motifs is 1. The standard InChI is InChI=1S/C14H20N4OS.ClH/c1-8-9(2)20-14-12(8)13(19)16-11(17-14)7-18-5-4-10(6-18)15-3;/h10,15H,4-7H2,1-3H3,(H,16,17,19);1H. The van der Waals surface area contributed by atoms with Gasteiger partial charge < -0.3 is 10.3 Å². The van der Waals surface area contributed by atoms with Gasteiger partial charge in [0.2, 0.25) is 0 Å². The Kier molecular flexibility index (Phi) is 5.03. The van der Waals surface area contributed by atoms with E-state index in [-0.39, 0.29) is 18.0 Å². The third-order valence-electron chi connectivity index (χ3n) is 4.14. The number of halogens is 1. The maximum absolute atomic E-state index is 12.2. The van der Waals surface area contributed by atoms with Gasteiger partial charge >= 0.3 is 0 Å². The smallest absolute Gasteiger partial charge is 0.259 e. The Labute approximate surface area is 134 Å². The van der Waals surface area contributed by atoms with Crippen LogP contribution in [0.2, 0.25) is 0 Å². The summed E-state index contributed by atoms with van der Waals surface area (Å²) >= 11 is 1.61. The van der Waals surface area contributed by atoms with Crippen LogP contribution in [-0.4, -0.2) is 41.0 Å². The molecule has 116 valence electrons. The van der Waals surface area contributed by atoms with Crippen LogP contribution in [0.1, 0.15) is 22.7 Å². The van der Waals surface area contributed by atoms with E-state index in [0.717, 1.165) is 47.7 Å². The first-order valence-corrected chi connectivity index (χ1v) is 7.78. The van der Waals surface area contributed by atoms with Crippen molar-refractivity contribution in [1.82, 2.24) is 20.2 Å². The Balaban J connectivity index is 0.00000161. The van der Waals surface area contributed by atoms with Gasteiger partial charge in [0.15, 0.2) is 0 Å². The summed E-state index contributed by atoms with van der Waals surface area (Å²) in [5.74, 6) is 0.778. The lowest BCUT2D eigenvalue weighted by Crippen LogP contribution is -2.30. The molecule has 0 aromatic carbocycles. The van der Waals surface area contributed by atoms with Crippen molar-refractivity contribution in [3.05, 3.63) is 26.6 Å². The van der Waals surface area contributed by atoms with Crippen LogP contribution >= 0.6 is 23.7 Å². The van der Waals surface area contributed by atoms with Crippen LogP contribution in [0.3, 0.4) is 0 Å². The highest BCUT2D eigenvalue weighted by Gasteiger charge is 2.22. The normalized spacial score (nSPS) is 19.1. The predicted molar refractivity (Wildman–Crippen MR) is 89.7 cm³/mol. The molecule has 0 spiro atoms. The number of thiophene rings is 1. The summed E-state index contributed by atoms with van der Waals surface area (Å²) < 4.78 is 0. The molecule has 3 heterocycles. The van der Waals surface area contributed by atoms with Gasteiger partial charge in [-0.25, -0.2) is 4.98 Å². The number of aryl methyl sites for hydroxylation is 2. The minimum atomic E-state index is -0.00351. The maximum Gasteiger partial charge on any atom is 0.259 e. The number of hydrogen-bond donors (Lipinski definition) is 2. The Hall–Kier alpha value is -0.950. The van der Waals surface area contributed by atoms with Crippen LogP contribution in [0.15, 0.2) is 4.79 Å². The van der Waals surface area contributed by atoms with Crippen molar-refractivity contribution in [3.63, 3.8) is 0 Å². The maximum atomic E-state index is 12.2. The highest BCUT2D eigenvalue weighted by Crippen LogP contribution is 2.25. The van der Waals surface area contributed by atoms with Crippen LogP contribution in [0.5, 0.6) is 0 Å². The molecule has 0 amide bonds. The Bertz CT molecular complexity index is 696. The van der Waals surface area contributed by atoms with Crippen molar-refractivity contribution in [1.29, 1.82) is 0 Å². The van der Waals surface area contributed by atoms with Gasteiger partial charge in [0.05, 0.1) is 11.9 Å². The first kappa shape index (κ1) is 16.4. The van der Waals surface area contributed by atoms with Crippen molar-refractivity contribution in [2.75, 3.05) is 20.1 Å². The first-order valence-electron chi connectivity index (χ1n) is 6.97. The van der Waals surface area contributed by atoms with Crippen LogP contribution in [0.4, 0.5) is 0 Å². The molecule has 1 saturated heterocycles. The number of nitrogens with one attached hydrogen (secondary N) is 2. The molecule has 0 saturated carbocycles. The van der Waals surface area contributed by atoms with Crippen molar-refractivity contribution < 1.29 is 0 Å². The second kappa shape index (κ2) is 6.44. The molecule has 2 aromatic rings. The summed E-state index contributed by atoms with van der Waals surface area (Å²) in [5.41, 5.74) is 1.05. The van der Waals surface area contributed by atoms with Gasteiger partial charge in [0.25, 0.3) is 5.56 Å². The molecule has 5 nitrogen and oxygen atoms in total. The summed E-state index contributed by atoms with van der Waals surface area (Å²) in [7, 11) is 2.00. The van der Waals surface area contributed by atoms with E-state index in [9.17, 15) is 4.79 Å². The SMILES string of the molecule is CNC1CCN(Cc2nc3sc(C)c(C)c3c(=O)[nH]2)C1.Cl. The molecule has 2 aromatic heterocycles. The van der Waals surface area contributed by atoms with Crippen molar-refractivity contribution >= 4 is 34.0 Å². The molecule has 1 fully saturated rings. The van der Waals surface area contributed by atoms with Crippen LogP contribution < -0.4 is 10.9 Å². The average molecular weight is 329 g/mol. The van der Waals surface area contributed by atoms with Gasteiger partial charge in [0.1, 0.15) is 10.7 Å². The molecule has 1 atom stereocenters. The monoisotopic (exact) mass is 328 g/mol. The highest BCUT2D eigenvalue weighted by molar-refractivity contribution is 7.18. The summed E-state index contributed by atoms with van der Waals surface area (Å²) in [5, 5.41) is 4.05. The van der Waals surface area contributed by atoms with Crippen molar-refractivity contribution in [2.45, 2.75) is 32.9 Å². The Morgan fingerprint density at radius 2 is 2.24 bits per heavy atom. The predicted octanol–water partition coefficient (Wildman–Crippen LogP) is 1.82. The minimum absolute atomic E-state index is 0. The number of aromatic nitrogens is 2. The van der Waals surface area contributed by atoms with Gasteiger partial charge in [-0.1, -0.05) is 0 Å². The summed E-state index contributed by atoms with van der Waals surface area (Å²) in [6, 6.07) is 0.552. The largest absolute Gasteiger partial charge is 0.316 e. The second-order valence-corrected chi connectivity index (χ2v) is 6.69. The van der Waals surface area contributed by atoms with E-state index < -0.39 is 0 Å². The zero-order chi connectivity index (χ0) is 14.3. The second-order valence-electron chi connectivity index (χ2n) is 5.49. The number of hydrogen-bond acceptors (Lipinski definition) is 5. The third kappa shape index (κ3) is 3.13. The van der Waals surface area contributed by atoms with Crippen LogP contribution in [-0.2, 0) is 6.54 Å². The van der Waals surface area contributed by atoms with E-state index >= 15 is 0 Å². The molecular formula is C14H21ClN4OS. The number of nitrogens with zero attached hydrogens (tertiary/aromatic N) is 2. The van der Waals surface area contributed by atoms with E-state index in [4.69, 9.17) is 0 Å². The summed E-state index contributed by atoms with van der Waals surface area (Å²) in [4.78, 5) is 24.2. The van der Waals surface area contributed by atoms with Crippen LogP contribution in [0.25, 0.3) is 10.2 Å². The fraction of sp³-hybridized carbons (Fsp3) is 0.571. The van der Waals surface area contributed by atoms with E-state index in [1.54, 1.807) is 11.3 Å². The highest BCUT2D eigenvalue weighted by atomic mass is 35.5. The Morgan fingerprint density at radius 3 is 2.90 bits per heavy atom. The molecule has 0 bridgehead atoms. The van der Waals surface area contributed by atoms with Gasteiger partial charge in [-0.2, -0.15) is 0 Å². The quantitative estimate of drug-likeness (QED) is 0.902. The number of H-pyrrole nitrogens is 1. The molecule has 0 radical (unpaired) electrons. The molecule has 0 aliphatic carbocycles. The minimum Gasteiger partial charge on any atom is -0.316 e. The zero-order valence-corrected chi connectivity index (χ0v) is 14.2. The van der Waals surface area contributed by atoms with Crippen molar-refractivity contribution in [3.8, 4) is 0 Å². The van der Waals surface area contributed by atoms with E-state index in [0.29, 0.717) is 6.04 Å². The Morgan fingerprint density at radius 1 is 1.48 bits per heavy atom. The van der Waals surface area contributed by atoms with Gasteiger partial charge in [-0.05, 0) is 32.9 Å². The number of likely N-dealkylation sites (tertiary alicyclic amines) is 1. The van der Waals surface area contributed by atoms with E-state index in [1.165, 1.54) is 4.88 Å². The molecule has 2 N–H and O–H groups in total. The first-order chi connectivity index (χ1) is 9.58. The lowest BCUT2D eigenvalue weighted by atomic mass is 10.2. The van der Waals surface area contributed by atoms with Crippen molar-refractivity contribution in [2.24, 2.45) is 0 Å². The molecule has 1 unspecified atom stereocenters. The molecule has 1 aliphatic rings. The van der Waals surface area contributed by atoms with E-state index in [1.807, 2.05) is 20.9 Å². The molecular weight excluding hydrogens is 308 g/mol. The summed E-state index contributed by atoms with van der Waals surface area (Å²) in [6.45, 7) is 6.82. The number of rotatable bonds is 3. The summed E-state index contributed by atoms with van der Waals surface area (Å²) in [6.07, 6.45) is 1.15. The lowest BCUT2D eigenvalue weighted by Gasteiger charge is -2.14. The fourth-order valence-electron chi connectivity index (χ4n) is 2.80. The number of aromatic amines is 1.